The van der Waals surface area contributed by atoms with E-state index in [4.69, 9.17) is 11.6 Å². The van der Waals surface area contributed by atoms with Crippen molar-refractivity contribution < 1.29 is 4.79 Å². The Morgan fingerprint density at radius 1 is 1.15 bits per heavy atom. The van der Waals surface area contributed by atoms with Crippen LogP contribution in [0.3, 0.4) is 0 Å². The molecule has 0 saturated carbocycles. The van der Waals surface area contributed by atoms with Gasteiger partial charge in [0.25, 0.3) is 0 Å². The van der Waals surface area contributed by atoms with Crippen molar-refractivity contribution >= 4 is 17.5 Å². The number of carbonyl (C=O) groups excluding carboxylic acids is 1. The number of amides is 1. The molecule has 1 unspecified atom stereocenters. The molecule has 1 atom stereocenters. The number of carbonyl (C=O) groups is 1. The Kier molecular flexibility index (Phi) is 6.70. The average Bonchev–Trinajstić information content (AvgIpc) is 2.67. The predicted octanol–water partition coefficient (Wildman–Crippen LogP) is 4.61. The van der Waals surface area contributed by atoms with Gasteiger partial charge in [0.05, 0.1) is 0 Å². The largest absolute Gasteiger partial charge is 0.353 e. The number of piperidine rings is 1. The highest BCUT2D eigenvalue weighted by Gasteiger charge is 2.24. The summed E-state index contributed by atoms with van der Waals surface area (Å²) in [5.74, 6) is 0.162. The fraction of sp³-hybridized carbons (Fsp3) is 0.409. The minimum Gasteiger partial charge on any atom is -0.353 e. The van der Waals surface area contributed by atoms with Gasteiger partial charge < -0.3 is 5.32 Å². The molecule has 1 N–H and O–H groups in total. The van der Waals surface area contributed by atoms with E-state index in [1.807, 2.05) is 36.4 Å². The maximum atomic E-state index is 12.2. The molecule has 0 aliphatic carbocycles. The zero-order valence-electron chi connectivity index (χ0n) is 15.3. The first kappa shape index (κ1) is 18.9. The molecule has 1 saturated heterocycles. The lowest BCUT2D eigenvalue weighted by molar-refractivity contribution is -0.122. The number of nitrogens with zero attached hydrogens (tertiary/aromatic N) is 1. The number of hydrogen-bond donors (Lipinski definition) is 1. The third-order valence-corrected chi connectivity index (χ3v) is 5.49. The molecule has 4 heteroatoms. The Morgan fingerprint density at radius 2 is 1.88 bits per heavy atom. The van der Waals surface area contributed by atoms with Crippen LogP contribution in [0.4, 0.5) is 0 Å². The molecule has 1 fully saturated rings. The van der Waals surface area contributed by atoms with Crippen molar-refractivity contribution in [3.05, 3.63) is 70.7 Å². The summed E-state index contributed by atoms with van der Waals surface area (Å²) in [6.45, 7) is 4.22. The molecule has 2 aromatic rings. The van der Waals surface area contributed by atoms with Gasteiger partial charge in [-0.1, -0.05) is 54.1 Å². The highest BCUT2D eigenvalue weighted by Crippen LogP contribution is 2.26. The maximum Gasteiger partial charge on any atom is 0.220 e. The number of hydrogen-bond acceptors (Lipinski definition) is 2. The van der Waals surface area contributed by atoms with E-state index >= 15 is 0 Å². The van der Waals surface area contributed by atoms with E-state index in [9.17, 15) is 4.79 Å². The van der Waals surface area contributed by atoms with Crippen LogP contribution in [0, 0.1) is 0 Å². The third kappa shape index (κ3) is 5.33. The minimum atomic E-state index is 0.162. The van der Waals surface area contributed by atoms with Crippen LogP contribution in [0.25, 0.3) is 0 Å². The van der Waals surface area contributed by atoms with Crippen LogP contribution in [0.1, 0.15) is 43.4 Å². The van der Waals surface area contributed by atoms with Crippen molar-refractivity contribution in [2.24, 2.45) is 0 Å². The van der Waals surface area contributed by atoms with Gasteiger partial charge in [-0.25, -0.2) is 0 Å². The normalized spacial score (nSPS) is 17.0. The Balaban J connectivity index is 1.42. The molecule has 1 amide bonds. The smallest absolute Gasteiger partial charge is 0.220 e. The first-order chi connectivity index (χ1) is 12.6. The van der Waals surface area contributed by atoms with Gasteiger partial charge in [0.15, 0.2) is 0 Å². The highest BCUT2D eigenvalue weighted by atomic mass is 35.5. The molecule has 0 bridgehead atoms. The molecule has 0 spiro atoms. The molecule has 26 heavy (non-hydrogen) atoms. The summed E-state index contributed by atoms with van der Waals surface area (Å²) in [6.07, 6.45) is 3.37. The van der Waals surface area contributed by atoms with E-state index in [-0.39, 0.29) is 5.91 Å². The zero-order valence-corrected chi connectivity index (χ0v) is 16.1. The number of aryl methyl sites for hydroxylation is 1. The van der Waals surface area contributed by atoms with Crippen LogP contribution in [0.15, 0.2) is 54.6 Å². The number of benzene rings is 2. The first-order valence-electron chi connectivity index (χ1n) is 9.44. The van der Waals surface area contributed by atoms with Gasteiger partial charge in [0, 0.05) is 36.6 Å². The minimum absolute atomic E-state index is 0.162. The second kappa shape index (κ2) is 9.20. The summed E-state index contributed by atoms with van der Waals surface area (Å²) in [6, 6.07) is 18.9. The summed E-state index contributed by atoms with van der Waals surface area (Å²) in [5.41, 5.74) is 2.47. The van der Waals surface area contributed by atoms with Gasteiger partial charge in [-0.2, -0.15) is 0 Å². The molecule has 0 radical (unpaired) electrons. The van der Waals surface area contributed by atoms with Crippen molar-refractivity contribution in [2.75, 3.05) is 13.1 Å². The van der Waals surface area contributed by atoms with Crippen molar-refractivity contribution in [1.29, 1.82) is 0 Å². The molecular weight excluding hydrogens is 344 g/mol. The molecule has 3 nitrogen and oxygen atoms in total. The number of nitrogens with one attached hydrogen (secondary N) is 1. The van der Waals surface area contributed by atoms with Crippen molar-refractivity contribution in [2.45, 2.75) is 44.7 Å². The van der Waals surface area contributed by atoms with Gasteiger partial charge in [-0.05, 0) is 49.4 Å². The van der Waals surface area contributed by atoms with Crippen molar-refractivity contribution in [1.82, 2.24) is 10.2 Å². The van der Waals surface area contributed by atoms with Gasteiger partial charge in [-0.3, -0.25) is 9.69 Å². The van der Waals surface area contributed by atoms with Crippen LogP contribution in [0.2, 0.25) is 5.02 Å². The zero-order chi connectivity index (χ0) is 18.4. The Hall–Kier alpha value is -1.84. The molecule has 0 aromatic heterocycles. The summed E-state index contributed by atoms with van der Waals surface area (Å²) in [4.78, 5) is 14.7. The quantitative estimate of drug-likeness (QED) is 0.805. The Bertz CT molecular complexity index is 711. The van der Waals surface area contributed by atoms with Crippen LogP contribution in [-0.2, 0) is 11.2 Å². The lowest BCUT2D eigenvalue weighted by Gasteiger charge is -2.36. The lowest BCUT2D eigenvalue weighted by atomic mass is 10.00. The van der Waals surface area contributed by atoms with Gasteiger partial charge >= 0.3 is 0 Å². The second-order valence-electron chi connectivity index (χ2n) is 7.09. The van der Waals surface area contributed by atoms with Crippen molar-refractivity contribution in [3.63, 3.8) is 0 Å². The van der Waals surface area contributed by atoms with Gasteiger partial charge in [0.1, 0.15) is 0 Å². The van der Waals surface area contributed by atoms with Crippen LogP contribution < -0.4 is 5.32 Å². The van der Waals surface area contributed by atoms with Crippen LogP contribution in [-0.4, -0.2) is 29.9 Å². The summed E-state index contributed by atoms with van der Waals surface area (Å²) >= 11 is 6.12. The van der Waals surface area contributed by atoms with E-state index in [0.29, 0.717) is 18.5 Å². The van der Waals surface area contributed by atoms with E-state index < -0.39 is 0 Å². The third-order valence-electron chi connectivity index (χ3n) is 5.26. The molecule has 3 rings (SSSR count). The molecule has 1 aliphatic rings. The molecule has 138 valence electrons. The topological polar surface area (TPSA) is 32.3 Å². The number of rotatable bonds is 6. The van der Waals surface area contributed by atoms with E-state index in [1.54, 1.807) is 0 Å². The molecule has 1 aliphatic heterocycles. The fourth-order valence-electron chi connectivity index (χ4n) is 3.61. The summed E-state index contributed by atoms with van der Waals surface area (Å²) < 4.78 is 0. The molecule has 1 heterocycles. The molecule has 2 aromatic carbocycles. The summed E-state index contributed by atoms with van der Waals surface area (Å²) in [5, 5.41) is 4.00. The summed E-state index contributed by atoms with van der Waals surface area (Å²) in [7, 11) is 0. The fourth-order valence-corrected chi connectivity index (χ4v) is 3.81. The van der Waals surface area contributed by atoms with Gasteiger partial charge in [0.2, 0.25) is 5.91 Å². The van der Waals surface area contributed by atoms with Crippen LogP contribution >= 0.6 is 11.6 Å². The van der Waals surface area contributed by atoms with Crippen LogP contribution in [0.5, 0.6) is 0 Å². The number of likely N-dealkylation sites (tertiary alicyclic amines) is 1. The SMILES string of the molecule is CC(c1cccc(Cl)c1)N1CCC(NC(=O)CCc2ccccc2)CC1. The predicted molar refractivity (Wildman–Crippen MR) is 107 cm³/mol. The number of halogens is 1. The molecular formula is C22H27ClN2O. The maximum absolute atomic E-state index is 12.2. The first-order valence-corrected chi connectivity index (χ1v) is 9.82. The monoisotopic (exact) mass is 370 g/mol. The lowest BCUT2D eigenvalue weighted by Crippen LogP contribution is -2.45. The van der Waals surface area contributed by atoms with E-state index in [2.05, 4.69) is 35.3 Å². The Labute approximate surface area is 161 Å². The van der Waals surface area contributed by atoms with Gasteiger partial charge in [-0.15, -0.1) is 0 Å². The average molecular weight is 371 g/mol. The highest BCUT2D eigenvalue weighted by molar-refractivity contribution is 6.30. The second-order valence-corrected chi connectivity index (χ2v) is 7.53. The van der Waals surface area contributed by atoms with E-state index in [1.165, 1.54) is 11.1 Å². The Morgan fingerprint density at radius 3 is 2.58 bits per heavy atom. The van der Waals surface area contributed by atoms with E-state index in [0.717, 1.165) is 37.4 Å². The standard InChI is InChI=1S/C22H27ClN2O/c1-17(19-8-5-9-20(23)16-19)25-14-12-21(13-15-25)24-22(26)11-10-18-6-3-2-4-7-18/h2-9,16-17,21H,10-15H2,1H3,(H,24,26). The van der Waals surface area contributed by atoms with Crippen molar-refractivity contribution in [3.8, 4) is 0 Å².